The maximum atomic E-state index is 13.3. The van der Waals surface area contributed by atoms with Gasteiger partial charge in [0.25, 0.3) is 5.91 Å². The Hall–Kier alpha value is -3.07. The van der Waals surface area contributed by atoms with Gasteiger partial charge in [-0.05, 0) is 49.9 Å². The molecule has 0 spiro atoms. The molecular formula is C22H29N5O3S. The van der Waals surface area contributed by atoms with Crippen LogP contribution in [0.2, 0.25) is 0 Å². The van der Waals surface area contributed by atoms with Crippen molar-refractivity contribution >= 4 is 45.6 Å². The molecule has 9 heteroatoms. The topological polar surface area (TPSA) is 117 Å². The average molecular weight is 444 g/mol. The second kappa shape index (κ2) is 7.88. The van der Waals surface area contributed by atoms with Gasteiger partial charge >= 0.3 is 6.03 Å². The highest BCUT2D eigenvalue weighted by Crippen LogP contribution is 2.38. The van der Waals surface area contributed by atoms with E-state index in [0.29, 0.717) is 21.9 Å². The summed E-state index contributed by atoms with van der Waals surface area (Å²) >= 11 is 1.35. The fourth-order valence-electron chi connectivity index (χ4n) is 3.15. The Morgan fingerprint density at radius 2 is 1.87 bits per heavy atom. The smallest absolute Gasteiger partial charge is 0.324 e. The number of carbonyl (C=O) groups is 3. The third kappa shape index (κ3) is 4.51. The normalized spacial score (nSPS) is 15.5. The summed E-state index contributed by atoms with van der Waals surface area (Å²) in [5.74, 6) is -0.527. The van der Waals surface area contributed by atoms with Crippen LogP contribution < -0.4 is 21.7 Å². The number of rotatable bonds is 3. The molecule has 8 nitrogen and oxygen atoms in total. The third-order valence-corrected chi connectivity index (χ3v) is 6.82. The Morgan fingerprint density at radius 1 is 1.19 bits per heavy atom. The Labute approximate surface area is 186 Å². The maximum Gasteiger partial charge on any atom is 0.324 e. The van der Waals surface area contributed by atoms with Gasteiger partial charge in [0, 0.05) is 16.3 Å². The minimum Gasteiger partial charge on any atom is -0.398 e. The summed E-state index contributed by atoms with van der Waals surface area (Å²) in [5, 5.41) is 8.70. The molecular weight excluding hydrogens is 414 g/mol. The molecule has 0 radical (unpaired) electrons. The highest BCUT2D eigenvalue weighted by molar-refractivity contribution is 7.16. The molecule has 2 aromatic rings. The number of anilines is 3. The number of hydrogen-bond acceptors (Lipinski definition) is 5. The number of nitrogen functional groups attached to an aromatic ring is 1. The lowest BCUT2D eigenvalue weighted by atomic mass is 9.94. The van der Waals surface area contributed by atoms with Crippen molar-refractivity contribution in [2.75, 3.05) is 23.0 Å². The van der Waals surface area contributed by atoms with E-state index in [9.17, 15) is 14.4 Å². The van der Waals surface area contributed by atoms with Crippen LogP contribution in [0, 0.1) is 6.92 Å². The van der Waals surface area contributed by atoms with E-state index >= 15 is 0 Å². The molecule has 0 atom stereocenters. The Bertz CT molecular complexity index is 1050. The van der Waals surface area contributed by atoms with Crippen LogP contribution in [0.5, 0.6) is 0 Å². The molecule has 3 rings (SSSR count). The molecule has 1 aliphatic heterocycles. The van der Waals surface area contributed by atoms with Crippen LogP contribution >= 0.6 is 11.3 Å². The monoisotopic (exact) mass is 443 g/mol. The van der Waals surface area contributed by atoms with Crippen molar-refractivity contribution in [2.45, 2.75) is 52.5 Å². The maximum absolute atomic E-state index is 13.3. The second-order valence-corrected chi connectivity index (χ2v) is 10.3. The van der Waals surface area contributed by atoms with Gasteiger partial charge in [0.15, 0.2) is 0 Å². The first-order valence-corrected chi connectivity index (χ1v) is 10.8. The van der Waals surface area contributed by atoms with Crippen LogP contribution in [-0.4, -0.2) is 35.0 Å². The fourth-order valence-corrected chi connectivity index (χ4v) is 4.26. The van der Waals surface area contributed by atoms with E-state index in [0.717, 1.165) is 10.4 Å². The number of nitrogens with zero attached hydrogens (tertiary/aromatic N) is 1. The summed E-state index contributed by atoms with van der Waals surface area (Å²) in [4.78, 5) is 40.6. The van der Waals surface area contributed by atoms with Crippen LogP contribution in [-0.2, 0) is 10.2 Å². The second-order valence-electron chi connectivity index (χ2n) is 9.21. The van der Waals surface area contributed by atoms with Gasteiger partial charge < -0.3 is 21.3 Å². The number of urea groups is 1. The van der Waals surface area contributed by atoms with Crippen molar-refractivity contribution in [3.05, 3.63) is 40.3 Å². The molecule has 1 aromatic carbocycles. The van der Waals surface area contributed by atoms with E-state index in [1.54, 1.807) is 32.0 Å². The Morgan fingerprint density at radius 3 is 2.42 bits per heavy atom. The van der Waals surface area contributed by atoms with Gasteiger partial charge in [-0.15, -0.1) is 11.3 Å². The fraction of sp³-hybridized carbons (Fsp3) is 0.409. The zero-order valence-corrected chi connectivity index (χ0v) is 19.5. The van der Waals surface area contributed by atoms with Crippen LogP contribution in [0.4, 0.5) is 21.2 Å². The quantitative estimate of drug-likeness (QED) is 0.539. The van der Waals surface area contributed by atoms with Crippen molar-refractivity contribution in [3.63, 3.8) is 0 Å². The van der Waals surface area contributed by atoms with E-state index in [2.05, 4.69) is 16.0 Å². The standard InChI is InChI=1S/C22H29N5O3S/c1-12-7-8-13(9-15(12)23)25-20(30)26-17-14(10-16(31-17)21(2,3)4)18(28)27-11-24-19(29)22(27,5)6/h7-10H,11,23H2,1-6H3,(H,24,29)(H2,25,26,30). The number of nitrogens with two attached hydrogens (primary N) is 1. The van der Waals surface area contributed by atoms with Gasteiger partial charge in [-0.3, -0.25) is 14.9 Å². The highest BCUT2D eigenvalue weighted by atomic mass is 32.1. The van der Waals surface area contributed by atoms with E-state index < -0.39 is 11.6 Å². The average Bonchev–Trinajstić information content (AvgIpc) is 3.19. The van der Waals surface area contributed by atoms with Crippen molar-refractivity contribution in [1.29, 1.82) is 0 Å². The number of thiophene rings is 1. The van der Waals surface area contributed by atoms with Crippen molar-refractivity contribution in [1.82, 2.24) is 10.2 Å². The molecule has 0 saturated carbocycles. The van der Waals surface area contributed by atoms with Crippen LogP contribution in [0.25, 0.3) is 0 Å². The first-order valence-electron chi connectivity index (χ1n) is 9.99. The number of hydrogen-bond donors (Lipinski definition) is 4. The van der Waals surface area contributed by atoms with Gasteiger partial charge in [0.2, 0.25) is 5.91 Å². The molecule has 166 valence electrons. The largest absolute Gasteiger partial charge is 0.398 e. The predicted octanol–water partition coefficient (Wildman–Crippen LogP) is 3.89. The predicted molar refractivity (Wildman–Crippen MR) is 125 cm³/mol. The van der Waals surface area contributed by atoms with Gasteiger partial charge in [0.1, 0.15) is 10.5 Å². The highest BCUT2D eigenvalue weighted by Gasteiger charge is 2.44. The summed E-state index contributed by atoms with van der Waals surface area (Å²) in [6.07, 6.45) is 0. The van der Waals surface area contributed by atoms with Crippen molar-refractivity contribution in [3.8, 4) is 0 Å². The van der Waals surface area contributed by atoms with Crippen molar-refractivity contribution < 1.29 is 14.4 Å². The zero-order chi connectivity index (χ0) is 23.1. The van der Waals surface area contributed by atoms with Crippen LogP contribution in [0.15, 0.2) is 24.3 Å². The molecule has 1 fully saturated rings. The van der Waals surface area contributed by atoms with Crippen LogP contribution in [0.3, 0.4) is 0 Å². The molecule has 0 unspecified atom stereocenters. The molecule has 4 amide bonds. The summed E-state index contributed by atoms with van der Waals surface area (Å²) in [6, 6.07) is 6.58. The van der Waals surface area contributed by atoms with Gasteiger partial charge in [-0.25, -0.2) is 4.79 Å². The molecule has 1 saturated heterocycles. The lowest BCUT2D eigenvalue weighted by Crippen LogP contribution is -2.46. The van der Waals surface area contributed by atoms with E-state index in [-0.39, 0.29) is 23.9 Å². The molecule has 5 N–H and O–H groups in total. The van der Waals surface area contributed by atoms with Crippen LogP contribution in [0.1, 0.15) is 55.4 Å². The molecule has 2 heterocycles. The number of amides is 4. The lowest BCUT2D eigenvalue weighted by Gasteiger charge is -2.28. The lowest BCUT2D eigenvalue weighted by molar-refractivity contribution is -0.124. The van der Waals surface area contributed by atoms with Crippen molar-refractivity contribution in [2.24, 2.45) is 0 Å². The van der Waals surface area contributed by atoms with Gasteiger partial charge in [-0.2, -0.15) is 0 Å². The minimum atomic E-state index is -0.972. The Balaban J connectivity index is 1.89. The van der Waals surface area contributed by atoms with E-state index in [1.165, 1.54) is 16.2 Å². The van der Waals surface area contributed by atoms with E-state index in [1.807, 2.05) is 33.8 Å². The van der Waals surface area contributed by atoms with Gasteiger partial charge in [-0.1, -0.05) is 26.8 Å². The number of benzene rings is 1. The molecule has 31 heavy (non-hydrogen) atoms. The molecule has 0 bridgehead atoms. The molecule has 0 aliphatic carbocycles. The number of carbonyl (C=O) groups excluding carboxylic acids is 3. The number of aryl methyl sites for hydroxylation is 1. The molecule has 1 aromatic heterocycles. The minimum absolute atomic E-state index is 0.125. The first-order chi connectivity index (χ1) is 14.3. The first kappa shape index (κ1) is 22.6. The van der Waals surface area contributed by atoms with E-state index in [4.69, 9.17) is 5.73 Å². The zero-order valence-electron chi connectivity index (χ0n) is 18.7. The Kier molecular flexibility index (Phi) is 5.75. The summed E-state index contributed by atoms with van der Waals surface area (Å²) in [6.45, 7) is 11.5. The third-order valence-electron chi connectivity index (χ3n) is 5.34. The summed E-state index contributed by atoms with van der Waals surface area (Å²) in [5.41, 5.74) is 7.14. The summed E-state index contributed by atoms with van der Waals surface area (Å²) < 4.78 is 0. The van der Waals surface area contributed by atoms with Gasteiger partial charge in [0.05, 0.1) is 12.2 Å². The molecule has 1 aliphatic rings. The number of nitrogens with one attached hydrogen (secondary N) is 3. The summed E-state index contributed by atoms with van der Waals surface area (Å²) in [7, 11) is 0. The SMILES string of the molecule is Cc1ccc(NC(=O)Nc2sc(C(C)(C)C)cc2C(=O)N2CNC(=O)C2(C)C)cc1N.